The van der Waals surface area contributed by atoms with E-state index in [0.717, 1.165) is 12.1 Å². The standard InChI is InChI=1S/C10H14ClFN2/c1-7(13)5-14-6-8-2-3-10(12)9(11)4-8/h2-4,7,14H,5-6,13H2,1H3. The summed E-state index contributed by atoms with van der Waals surface area (Å²) in [5.74, 6) is -0.386. The molecule has 1 aromatic carbocycles. The third-order valence-electron chi connectivity index (χ3n) is 1.78. The van der Waals surface area contributed by atoms with E-state index in [1.54, 1.807) is 12.1 Å². The largest absolute Gasteiger partial charge is 0.327 e. The van der Waals surface area contributed by atoms with Crippen molar-refractivity contribution in [2.45, 2.75) is 19.5 Å². The van der Waals surface area contributed by atoms with Gasteiger partial charge in [-0.15, -0.1) is 0 Å². The highest BCUT2D eigenvalue weighted by Crippen LogP contribution is 2.15. The lowest BCUT2D eigenvalue weighted by molar-refractivity contribution is 0.604. The van der Waals surface area contributed by atoms with Crippen LogP contribution in [-0.2, 0) is 6.54 Å². The Hall–Kier alpha value is -0.640. The number of benzene rings is 1. The van der Waals surface area contributed by atoms with Crippen molar-refractivity contribution >= 4 is 11.6 Å². The Balaban J connectivity index is 2.47. The molecule has 0 fully saturated rings. The molecule has 0 bridgehead atoms. The molecule has 1 rings (SSSR count). The summed E-state index contributed by atoms with van der Waals surface area (Å²) in [4.78, 5) is 0. The van der Waals surface area contributed by atoms with Gasteiger partial charge >= 0.3 is 0 Å². The van der Waals surface area contributed by atoms with Gasteiger partial charge in [-0.25, -0.2) is 4.39 Å². The van der Waals surface area contributed by atoms with E-state index in [4.69, 9.17) is 17.3 Å². The summed E-state index contributed by atoms with van der Waals surface area (Å²) < 4.78 is 12.8. The molecule has 0 aromatic heterocycles. The van der Waals surface area contributed by atoms with Gasteiger partial charge in [-0.05, 0) is 24.6 Å². The Labute approximate surface area is 88.2 Å². The van der Waals surface area contributed by atoms with Gasteiger partial charge in [0.1, 0.15) is 5.82 Å². The predicted octanol–water partition coefficient (Wildman–Crippen LogP) is 1.92. The minimum Gasteiger partial charge on any atom is -0.327 e. The molecule has 14 heavy (non-hydrogen) atoms. The summed E-state index contributed by atoms with van der Waals surface area (Å²) in [7, 11) is 0. The Morgan fingerprint density at radius 3 is 2.86 bits per heavy atom. The Morgan fingerprint density at radius 1 is 1.57 bits per heavy atom. The van der Waals surface area contributed by atoms with E-state index in [2.05, 4.69) is 5.32 Å². The molecule has 2 nitrogen and oxygen atoms in total. The SMILES string of the molecule is CC(N)CNCc1ccc(F)c(Cl)c1. The summed E-state index contributed by atoms with van der Waals surface area (Å²) in [5.41, 5.74) is 6.52. The molecule has 0 saturated heterocycles. The molecule has 0 saturated carbocycles. The third-order valence-corrected chi connectivity index (χ3v) is 2.07. The summed E-state index contributed by atoms with van der Waals surface area (Å²) in [6.45, 7) is 3.31. The van der Waals surface area contributed by atoms with E-state index >= 15 is 0 Å². The fourth-order valence-corrected chi connectivity index (χ4v) is 1.30. The van der Waals surface area contributed by atoms with Crippen molar-refractivity contribution in [2.24, 2.45) is 5.73 Å². The van der Waals surface area contributed by atoms with E-state index in [-0.39, 0.29) is 16.9 Å². The molecule has 0 spiro atoms. The second kappa shape index (κ2) is 5.29. The van der Waals surface area contributed by atoms with E-state index in [0.29, 0.717) is 6.54 Å². The van der Waals surface area contributed by atoms with Crippen LogP contribution in [0.5, 0.6) is 0 Å². The summed E-state index contributed by atoms with van der Waals surface area (Å²) in [6, 6.07) is 4.80. The molecule has 1 unspecified atom stereocenters. The maximum atomic E-state index is 12.8. The molecule has 0 amide bonds. The van der Waals surface area contributed by atoms with Gasteiger partial charge in [0.05, 0.1) is 5.02 Å². The van der Waals surface area contributed by atoms with E-state index in [9.17, 15) is 4.39 Å². The first-order valence-corrected chi connectivity index (χ1v) is 4.87. The first-order chi connectivity index (χ1) is 6.59. The van der Waals surface area contributed by atoms with Crippen LogP contribution in [0, 0.1) is 5.82 Å². The van der Waals surface area contributed by atoms with Crippen LogP contribution >= 0.6 is 11.6 Å². The van der Waals surface area contributed by atoms with E-state index in [1.165, 1.54) is 6.07 Å². The number of nitrogens with two attached hydrogens (primary N) is 1. The van der Waals surface area contributed by atoms with Crippen LogP contribution in [0.25, 0.3) is 0 Å². The molecule has 3 N–H and O–H groups in total. The summed E-state index contributed by atoms with van der Waals surface area (Å²) in [6.07, 6.45) is 0. The van der Waals surface area contributed by atoms with Gasteiger partial charge < -0.3 is 11.1 Å². The number of halogens is 2. The molecule has 1 aromatic rings. The molecule has 0 aliphatic carbocycles. The normalized spacial score (nSPS) is 12.9. The molecule has 0 radical (unpaired) electrons. The van der Waals surface area contributed by atoms with Crippen molar-refractivity contribution in [2.75, 3.05) is 6.54 Å². The lowest BCUT2D eigenvalue weighted by Gasteiger charge is -2.07. The highest BCUT2D eigenvalue weighted by molar-refractivity contribution is 6.30. The zero-order valence-electron chi connectivity index (χ0n) is 8.06. The fraction of sp³-hybridized carbons (Fsp3) is 0.400. The topological polar surface area (TPSA) is 38.0 Å². The Bertz CT molecular complexity index is 302. The van der Waals surface area contributed by atoms with Gasteiger partial charge in [0.2, 0.25) is 0 Å². The first kappa shape index (κ1) is 11.4. The van der Waals surface area contributed by atoms with E-state index in [1.807, 2.05) is 6.92 Å². The van der Waals surface area contributed by atoms with Crippen LogP contribution in [0.3, 0.4) is 0 Å². The lowest BCUT2D eigenvalue weighted by atomic mass is 10.2. The monoisotopic (exact) mass is 216 g/mol. The molecule has 0 aliphatic rings. The van der Waals surface area contributed by atoms with Gasteiger partial charge in [0.25, 0.3) is 0 Å². The Kier molecular flexibility index (Phi) is 4.32. The van der Waals surface area contributed by atoms with Crippen LogP contribution in [-0.4, -0.2) is 12.6 Å². The van der Waals surface area contributed by atoms with Crippen LogP contribution in [0.2, 0.25) is 5.02 Å². The van der Waals surface area contributed by atoms with Gasteiger partial charge in [-0.1, -0.05) is 17.7 Å². The minimum absolute atomic E-state index is 0.117. The molecule has 4 heteroatoms. The van der Waals surface area contributed by atoms with Crippen LogP contribution in [0.1, 0.15) is 12.5 Å². The number of hydrogen-bond donors (Lipinski definition) is 2. The van der Waals surface area contributed by atoms with Crippen LogP contribution in [0.15, 0.2) is 18.2 Å². The zero-order valence-corrected chi connectivity index (χ0v) is 8.81. The van der Waals surface area contributed by atoms with Crippen molar-refractivity contribution in [3.63, 3.8) is 0 Å². The van der Waals surface area contributed by atoms with Crippen LogP contribution in [0.4, 0.5) is 4.39 Å². The lowest BCUT2D eigenvalue weighted by Crippen LogP contribution is -2.30. The second-order valence-electron chi connectivity index (χ2n) is 3.36. The maximum absolute atomic E-state index is 12.8. The smallest absolute Gasteiger partial charge is 0.141 e. The minimum atomic E-state index is -0.386. The summed E-state index contributed by atoms with van der Waals surface area (Å²) in [5, 5.41) is 3.30. The number of hydrogen-bond acceptors (Lipinski definition) is 2. The Morgan fingerprint density at radius 2 is 2.29 bits per heavy atom. The van der Waals surface area contributed by atoms with Gasteiger partial charge in [-0.2, -0.15) is 0 Å². The molecule has 0 heterocycles. The van der Waals surface area contributed by atoms with Gasteiger partial charge in [0, 0.05) is 19.1 Å². The quantitative estimate of drug-likeness (QED) is 0.807. The van der Waals surface area contributed by atoms with Gasteiger partial charge in [-0.3, -0.25) is 0 Å². The molecule has 1 atom stereocenters. The average molecular weight is 217 g/mol. The zero-order chi connectivity index (χ0) is 10.6. The highest BCUT2D eigenvalue weighted by Gasteiger charge is 2.00. The molecular formula is C10H14ClFN2. The van der Waals surface area contributed by atoms with Crippen molar-refractivity contribution in [1.82, 2.24) is 5.32 Å². The molecule has 0 aliphatic heterocycles. The number of nitrogens with one attached hydrogen (secondary N) is 1. The predicted molar refractivity (Wildman–Crippen MR) is 56.8 cm³/mol. The van der Waals surface area contributed by atoms with Crippen molar-refractivity contribution in [1.29, 1.82) is 0 Å². The third kappa shape index (κ3) is 3.62. The van der Waals surface area contributed by atoms with Gasteiger partial charge in [0.15, 0.2) is 0 Å². The van der Waals surface area contributed by atoms with Crippen molar-refractivity contribution < 1.29 is 4.39 Å². The van der Waals surface area contributed by atoms with Crippen molar-refractivity contribution in [3.05, 3.63) is 34.6 Å². The van der Waals surface area contributed by atoms with E-state index < -0.39 is 0 Å². The first-order valence-electron chi connectivity index (χ1n) is 4.50. The second-order valence-corrected chi connectivity index (χ2v) is 3.76. The summed E-state index contributed by atoms with van der Waals surface area (Å²) >= 11 is 5.63. The maximum Gasteiger partial charge on any atom is 0.141 e. The van der Waals surface area contributed by atoms with Crippen LogP contribution < -0.4 is 11.1 Å². The number of rotatable bonds is 4. The van der Waals surface area contributed by atoms with Crippen molar-refractivity contribution in [3.8, 4) is 0 Å². The molecular weight excluding hydrogens is 203 g/mol. The molecule has 78 valence electrons. The fourth-order valence-electron chi connectivity index (χ4n) is 1.09. The highest BCUT2D eigenvalue weighted by atomic mass is 35.5. The average Bonchev–Trinajstić information content (AvgIpc) is 2.10.